The van der Waals surface area contributed by atoms with Gasteiger partial charge in [-0.05, 0) is 36.3 Å². The Morgan fingerprint density at radius 2 is 2.00 bits per heavy atom. The third-order valence-corrected chi connectivity index (χ3v) is 4.17. The Hall–Kier alpha value is -1.14. The number of rotatable bonds is 5. The van der Waals surface area contributed by atoms with Crippen LogP contribution in [0.25, 0.3) is 0 Å². The van der Waals surface area contributed by atoms with E-state index in [2.05, 4.69) is 18.7 Å². The molecular formula is C14H17NOS. The first kappa shape index (κ1) is 12.3. The molecule has 0 atom stereocenters. The number of thiol groups is 1. The zero-order valence-corrected chi connectivity index (χ0v) is 10.7. The highest BCUT2D eigenvalue weighted by molar-refractivity contribution is 7.80. The molecule has 0 N–H and O–H groups in total. The van der Waals surface area contributed by atoms with Gasteiger partial charge in [-0.2, -0.15) is 17.9 Å². The summed E-state index contributed by atoms with van der Waals surface area (Å²) in [6.45, 7) is 0.758. The molecule has 1 aromatic carbocycles. The van der Waals surface area contributed by atoms with Gasteiger partial charge in [-0.1, -0.05) is 18.6 Å². The maximum Gasteiger partial charge on any atom is 0.119 e. The SMILES string of the molecule is N#CCc1ccc(OCC2(CS)CCC2)cc1. The molecule has 1 saturated carbocycles. The molecule has 1 fully saturated rings. The van der Waals surface area contributed by atoms with Gasteiger partial charge in [0, 0.05) is 5.41 Å². The average Bonchev–Trinajstić information content (AvgIpc) is 2.31. The van der Waals surface area contributed by atoms with Crippen molar-refractivity contribution in [2.24, 2.45) is 5.41 Å². The van der Waals surface area contributed by atoms with Gasteiger partial charge in [0.1, 0.15) is 5.75 Å². The van der Waals surface area contributed by atoms with Gasteiger partial charge < -0.3 is 4.74 Å². The largest absolute Gasteiger partial charge is 0.493 e. The smallest absolute Gasteiger partial charge is 0.119 e. The van der Waals surface area contributed by atoms with Crippen LogP contribution in [0.5, 0.6) is 5.75 Å². The summed E-state index contributed by atoms with van der Waals surface area (Å²) >= 11 is 4.41. The summed E-state index contributed by atoms with van der Waals surface area (Å²) in [4.78, 5) is 0. The Balaban J connectivity index is 1.89. The molecule has 2 nitrogen and oxygen atoms in total. The molecule has 0 bridgehead atoms. The third-order valence-electron chi connectivity index (χ3n) is 3.50. The van der Waals surface area contributed by atoms with Gasteiger partial charge in [0.2, 0.25) is 0 Å². The summed E-state index contributed by atoms with van der Waals surface area (Å²) in [5, 5.41) is 8.58. The van der Waals surface area contributed by atoms with Gasteiger partial charge in [0.25, 0.3) is 0 Å². The van der Waals surface area contributed by atoms with E-state index in [-0.39, 0.29) is 0 Å². The van der Waals surface area contributed by atoms with Crippen LogP contribution < -0.4 is 4.74 Å². The summed E-state index contributed by atoms with van der Waals surface area (Å²) in [6.07, 6.45) is 4.21. The number of ether oxygens (including phenoxy) is 1. The molecule has 0 radical (unpaired) electrons. The van der Waals surface area contributed by atoms with Gasteiger partial charge in [-0.25, -0.2) is 0 Å². The molecule has 0 aromatic heterocycles. The number of nitrogens with zero attached hydrogens (tertiary/aromatic N) is 1. The van der Waals surface area contributed by atoms with Crippen molar-refractivity contribution in [2.45, 2.75) is 25.7 Å². The Labute approximate surface area is 108 Å². The molecule has 0 amide bonds. The minimum Gasteiger partial charge on any atom is -0.493 e. The fraction of sp³-hybridized carbons (Fsp3) is 0.500. The first-order valence-electron chi connectivity index (χ1n) is 5.98. The number of hydrogen-bond donors (Lipinski definition) is 1. The van der Waals surface area contributed by atoms with Crippen molar-refractivity contribution in [3.05, 3.63) is 29.8 Å². The maximum atomic E-state index is 8.58. The molecular weight excluding hydrogens is 230 g/mol. The van der Waals surface area contributed by atoms with Crippen molar-refractivity contribution in [1.82, 2.24) is 0 Å². The number of benzene rings is 1. The molecule has 3 heteroatoms. The van der Waals surface area contributed by atoms with Crippen LogP contribution in [-0.2, 0) is 6.42 Å². The standard InChI is InChI=1S/C14H17NOS/c15-9-6-12-2-4-13(5-3-12)16-10-14(11-17)7-1-8-14/h2-5,17H,1,6-8,10-11H2. The van der Waals surface area contributed by atoms with Crippen molar-refractivity contribution in [2.75, 3.05) is 12.4 Å². The zero-order valence-electron chi connectivity index (χ0n) is 9.85. The van der Waals surface area contributed by atoms with E-state index in [9.17, 15) is 0 Å². The van der Waals surface area contributed by atoms with E-state index in [1.807, 2.05) is 24.3 Å². The lowest BCUT2D eigenvalue weighted by atomic mass is 9.71. The van der Waals surface area contributed by atoms with Gasteiger partial charge in [0.15, 0.2) is 0 Å². The van der Waals surface area contributed by atoms with E-state index in [4.69, 9.17) is 10.00 Å². The maximum absolute atomic E-state index is 8.58. The van der Waals surface area contributed by atoms with Crippen LogP contribution in [-0.4, -0.2) is 12.4 Å². The second-order valence-electron chi connectivity index (χ2n) is 4.78. The number of nitriles is 1. The van der Waals surface area contributed by atoms with E-state index >= 15 is 0 Å². The Bertz CT molecular complexity index is 398. The molecule has 0 spiro atoms. The molecule has 90 valence electrons. The van der Waals surface area contributed by atoms with E-state index < -0.39 is 0 Å². The van der Waals surface area contributed by atoms with Crippen LogP contribution in [0.15, 0.2) is 24.3 Å². The quantitative estimate of drug-likeness (QED) is 0.810. The molecule has 17 heavy (non-hydrogen) atoms. The van der Waals surface area contributed by atoms with Crippen LogP contribution in [0.2, 0.25) is 0 Å². The summed E-state index contributed by atoms with van der Waals surface area (Å²) in [7, 11) is 0. The molecule has 0 aliphatic heterocycles. The molecule has 0 unspecified atom stereocenters. The highest BCUT2D eigenvalue weighted by Gasteiger charge is 2.36. The molecule has 0 heterocycles. The topological polar surface area (TPSA) is 33.0 Å². The molecule has 1 aromatic rings. The molecule has 2 rings (SSSR count). The van der Waals surface area contributed by atoms with Crippen molar-refractivity contribution in [3.63, 3.8) is 0 Å². The fourth-order valence-electron chi connectivity index (χ4n) is 2.06. The van der Waals surface area contributed by atoms with Gasteiger partial charge in [0.05, 0.1) is 19.1 Å². The first-order chi connectivity index (χ1) is 8.28. The summed E-state index contributed by atoms with van der Waals surface area (Å²) in [6, 6.07) is 9.92. The predicted octanol–water partition coefficient (Wildman–Crippen LogP) is 3.23. The van der Waals surface area contributed by atoms with E-state index in [1.54, 1.807) is 0 Å². The highest BCUT2D eigenvalue weighted by Crippen LogP contribution is 2.42. The Morgan fingerprint density at radius 3 is 2.47 bits per heavy atom. The van der Waals surface area contributed by atoms with Crippen molar-refractivity contribution in [1.29, 1.82) is 5.26 Å². The van der Waals surface area contributed by atoms with E-state index in [0.29, 0.717) is 11.8 Å². The lowest BCUT2D eigenvalue weighted by Crippen LogP contribution is -2.37. The van der Waals surface area contributed by atoms with Crippen LogP contribution in [0.3, 0.4) is 0 Å². The van der Waals surface area contributed by atoms with Crippen molar-refractivity contribution in [3.8, 4) is 11.8 Å². The molecule has 1 aliphatic rings. The Kier molecular flexibility index (Phi) is 3.96. The van der Waals surface area contributed by atoms with E-state index in [0.717, 1.165) is 23.7 Å². The normalized spacial score (nSPS) is 16.9. The van der Waals surface area contributed by atoms with Crippen molar-refractivity contribution >= 4 is 12.6 Å². The molecule has 0 saturated heterocycles. The zero-order chi connectivity index (χ0) is 12.1. The second kappa shape index (κ2) is 5.46. The third kappa shape index (κ3) is 2.95. The minimum absolute atomic E-state index is 0.300. The summed E-state index contributed by atoms with van der Waals surface area (Å²) in [5.74, 6) is 1.79. The van der Waals surface area contributed by atoms with Crippen LogP contribution in [0, 0.1) is 16.7 Å². The molecule has 1 aliphatic carbocycles. The highest BCUT2D eigenvalue weighted by atomic mass is 32.1. The van der Waals surface area contributed by atoms with Crippen LogP contribution >= 0.6 is 12.6 Å². The fourth-order valence-corrected chi connectivity index (χ4v) is 2.46. The lowest BCUT2D eigenvalue weighted by Gasteiger charge is -2.40. The number of hydrogen-bond acceptors (Lipinski definition) is 3. The van der Waals surface area contributed by atoms with Gasteiger partial charge in [-0.3, -0.25) is 0 Å². The monoisotopic (exact) mass is 247 g/mol. The van der Waals surface area contributed by atoms with E-state index in [1.165, 1.54) is 19.3 Å². The van der Waals surface area contributed by atoms with Gasteiger partial charge in [-0.15, -0.1) is 0 Å². The van der Waals surface area contributed by atoms with Crippen LogP contribution in [0.1, 0.15) is 24.8 Å². The van der Waals surface area contributed by atoms with Gasteiger partial charge >= 0.3 is 0 Å². The summed E-state index contributed by atoms with van der Waals surface area (Å²) in [5.41, 5.74) is 1.33. The summed E-state index contributed by atoms with van der Waals surface area (Å²) < 4.78 is 5.81. The predicted molar refractivity (Wildman–Crippen MR) is 71.4 cm³/mol. The second-order valence-corrected chi connectivity index (χ2v) is 5.10. The first-order valence-corrected chi connectivity index (χ1v) is 6.61. The van der Waals surface area contributed by atoms with Crippen molar-refractivity contribution < 1.29 is 4.74 Å². The average molecular weight is 247 g/mol. The lowest BCUT2D eigenvalue weighted by molar-refractivity contribution is 0.0829. The van der Waals surface area contributed by atoms with Crippen LogP contribution in [0.4, 0.5) is 0 Å². The minimum atomic E-state index is 0.300. The Morgan fingerprint density at radius 1 is 1.29 bits per heavy atom.